The lowest BCUT2D eigenvalue weighted by atomic mass is 10.1. The highest BCUT2D eigenvalue weighted by atomic mass is 35.5. The first-order valence-electron chi connectivity index (χ1n) is 4.94. The van der Waals surface area contributed by atoms with Crippen LogP contribution < -0.4 is 0 Å². The van der Waals surface area contributed by atoms with Crippen LogP contribution >= 0.6 is 23.2 Å². The average molecular weight is 249 g/mol. The van der Waals surface area contributed by atoms with E-state index in [0.717, 1.165) is 21.2 Å². The van der Waals surface area contributed by atoms with Crippen LogP contribution in [0.15, 0.2) is 48.5 Å². The molecule has 0 nitrogen and oxygen atoms in total. The third-order valence-corrected chi connectivity index (χ3v) is 2.94. The third-order valence-electron chi connectivity index (χ3n) is 2.25. The summed E-state index contributed by atoms with van der Waals surface area (Å²) in [7, 11) is 0. The van der Waals surface area contributed by atoms with Crippen molar-refractivity contribution in [2.75, 3.05) is 0 Å². The number of hydrogen-bond acceptors (Lipinski definition) is 0. The standard InChI is InChI=1S/C14H10Cl2/c15-13-7-3-1-5-11(13)9-10-12-6-2-4-8-14(12)16/h1-10H/b10-9-. The van der Waals surface area contributed by atoms with Gasteiger partial charge in [-0.05, 0) is 23.3 Å². The van der Waals surface area contributed by atoms with Crippen LogP contribution in [0, 0.1) is 0 Å². The highest BCUT2D eigenvalue weighted by molar-refractivity contribution is 6.33. The maximum atomic E-state index is 6.05. The summed E-state index contributed by atoms with van der Waals surface area (Å²) in [5, 5.41) is 1.48. The van der Waals surface area contributed by atoms with Gasteiger partial charge in [-0.2, -0.15) is 0 Å². The molecule has 0 saturated heterocycles. The lowest BCUT2D eigenvalue weighted by molar-refractivity contribution is 1.64. The Labute approximate surface area is 105 Å². The van der Waals surface area contributed by atoms with Crippen LogP contribution in [-0.4, -0.2) is 0 Å². The van der Waals surface area contributed by atoms with Crippen molar-refractivity contribution in [3.05, 3.63) is 69.7 Å². The predicted molar refractivity (Wildman–Crippen MR) is 71.8 cm³/mol. The second-order valence-electron chi connectivity index (χ2n) is 3.38. The maximum Gasteiger partial charge on any atom is 0.0478 e. The number of halogens is 2. The maximum absolute atomic E-state index is 6.05. The SMILES string of the molecule is Clc1ccccc1/C=C\c1ccccc1Cl. The molecular formula is C14H10Cl2. The van der Waals surface area contributed by atoms with Crippen molar-refractivity contribution in [1.29, 1.82) is 0 Å². The summed E-state index contributed by atoms with van der Waals surface area (Å²) in [6, 6.07) is 15.4. The zero-order valence-corrected chi connectivity index (χ0v) is 10.0. The Morgan fingerprint density at radius 2 is 1.00 bits per heavy atom. The zero-order valence-electron chi connectivity index (χ0n) is 8.53. The van der Waals surface area contributed by atoms with Gasteiger partial charge in [-0.15, -0.1) is 0 Å². The van der Waals surface area contributed by atoms with Crippen molar-refractivity contribution in [3.8, 4) is 0 Å². The molecule has 2 heteroatoms. The summed E-state index contributed by atoms with van der Waals surface area (Å²) in [5.74, 6) is 0. The average Bonchev–Trinajstić information content (AvgIpc) is 2.30. The Morgan fingerprint density at radius 3 is 1.38 bits per heavy atom. The normalized spacial score (nSPS) is 10.9. The van der Waals surface area contributed by atoms with Crippen LogP contribution in [0.2, 0.25) is 10.0 Å². The van der Waals surface area contributed by atoms with E-state index in [9.17, 15) is 0 Å². The monoisotopic (exact) mass is 248 g/mol. The molecule has 0 fully saturated rings. The van der Waals surface area contributed by atoms with Crippen LogP contribution in [-0.2, 0) is 0 Å². The smallest absolute Gasteiger partial charge is 0.0478 e. The predicted octanol–water partition coefficient (Wildman–Crippen LogP) is 5.16. The fraction of sp³-hybridized carbons (Fsp3) is 0. The first-order chi connectivity index (χ1) is 7.77. The fourth-order valence-corrected chi connectivity index (χ4v) is 1.80. The van der Waals surface area contributed by atoms with Gasteiger partial charge in [-0.25, -0.2) is 0 Å². The number of hydrogen-bond donors (Lipinski definition) is 0. The van der Waals surface area contributed by atoms with Crippen molar-refractivity contribution in [2.24, 2.45) is 0 Å². The van der Waals surface area contributed by atoms with E-state index < -0.39 is 0 Å². The molecule has 16 heavy (non-hydrogen) atoms. The van der Waals surface area contributed by atoms with Gasteiger partial charge in [-0.1, -0.05) is 71.8 Å². The highest BCUT2D eigenvalue weighted by Crippen LogP contribution is 2.21. The molecule has 0 N–H and O–H groups in total. The van der Waals surface area contributed by atoms with Gasteiger partial charge in [0.2, 0.25) is 0 Å². The minimum atomic E-state index is 0.741. The molecule has 0 unspecified atom stereocenters. The second kappa shape index (κ2) is 5.20. The molecule has 0 aliphatic carbocycles. The Kier molecular flexibility index (Phi) is 3.66. The van der Waals surface area contributed by atoms with E-state index in [-0.39, 0.29) is 0 Å². The van der Waals surface area contributed by atoms with Crippen molar-refractivity contribution >= 4 is 35.4 Å². The van der Waals surface area contributed by atoms with Gasteiger partial charge in [-0.3, -0.25) is 0 Å². The zero-order chi connectivity index (χ0) is 11.4. The Bertz CT molecular complexity index is 468. The van der Waals surface area contributed by atoms with Gasteiger partial charge >= 0.3 is 0 Å². The van der Waals surface area contributed by atoms with Gasteiger partial charge in [0.25, 0.3) is 0 Å². The molecule has 0 aliphatic rings. The van der Waals surface area contributed by atoms with Gasteiger partial charge in [0, 0.05) is 10.0 Å². The van der Waals surface area contributed by atoms with E-state index in [1.165, 1.54) is 0 Å². The van der Waals surface area contributed by atoms with Crippen molar-refractivity contribution in [1.82, 2.24) is 0 Å². The fourth-order valence-electron chi connectivity index (χ4n) is 1.40. The number of rotatable bonds is 2. The minimum absolute atomic E-state index is 0.741. The van der Waals surface area contributed by atoms with Gasteiger partial charge in [0.1, 0.15) is 0 Å². The van der Waals surface area contributed by atoms with E-state index >= 15 is 0 Å². The van der Waals surface area contributed by atoms with Crippen LogP contribution in [0.3, 0.4) is 0 Å². The molecule has 80 valence electrons. The molecule has 0 aliphatic heterocycles. The minimum Gasteiger partial charge on any atom is -0.0837 e. The van der Waals surface area contributed by atoms with Gasteiger partial charge in [0.05, 0.1) is 0 Å². The molecule has 0 aromatic heterocycles. The van der Waals surface area contributed by atoms with Crippen molar-refractivity contribution in [3.63, 3.8) is 0 Å². The number of benzene rings is 2. The molecule has 0 saturated carbocycles. The summed E-state index contributed by atoms with van der Waals surface area (Å²) in [6.45, 7) is 0. The molecule has 0 amide bonds. The molecule has 0 atom stereocenters. The second-order valence-corrected chi connectivity index (χ2v) is 4.19. The molecule has 0 radical (unpaired) electrons. The van der Waals surface area contributed by atoms with E-state index in [2.05, 4.69) is 0 Å². The first-order valence-corrected chi connectivity index (χ1v) is 5.70. The molecule has 2 rings (SSSR count). The molecule has 0 bridgehead atoms. The van der Waals surface area contributed by atoms with Crippen LogP contribution in [0.1, 0.15) is 11.1 Å². The van der Waals surface area contributed by atoms with Crippen molar-refractivity contribution < 1.29 is 0 Å². The summed E-state index contributed by atoms with van der Waals surface area (Å²) in [4.78, 5) is 0. The summed E-state index contributed by atoms with van der Waals surface area (Å²) in [5.41, 5.74) is 1.98. The van der Waals surface area contributed by atoms with E-state index in [0.29, 0.717) is 0 Å². The lowest BCUT2D eigenvalue weighted by Crippen LogP contribution is -1.75. The van der Waals surface area contributed by atoms with E-state index in [4.69, 9.17) is 23.2 Å². The summed E-state index contributed by atoms with van der Waals surface area (Å²) >= 11 is 12.1. The van der Waals surface area contributed by atoms with Gasteiger partial charge < -0.3 is 0 Å². The first kappa shape index (κ1) is 11.3. The third kappa shape index (κ3) is 2.66. The summed E-state index contributed by atoms with van der Waals surface area (Å²) in [6.07, 6.45) is 3.92. The summed E-state index contributed by atoms with van der Waals surface area (Å²) < 4.78 is 0. The van der Waals surface area contributed by atoms with E-state index in [1.807, 2.05) is 60.7 Å². The molecular weight excluding hydrogens is 239 g/mol. The van der Waals surface area contributed by atoms with Crippen LogP contribution in [0.25, 0.3) is 12.2 Å². The van der Waals surface area contributed by atoms with Crippen LogP contribution in [0.4, 0.5) is 0 Å². The molecule has 0 heterocycles. The highest BCUT2D eigenvalue weighted by Gasteiger charge is 1.95. The Hall–Kier alpha value is -1.24. The Balaban J connectivity index is 2.29. The largest absolute Gasteiger partial charge is 0.0837 e. The molecule has 0 spiro atoms. The van der Waals surface area contributed by atoms with E-state index in [1.54, 1.807) is 0 Å². The van der Waals surface area contributed by atoms with Crippen LogP contribution in [0.5, 0.6) is 0 Å². The topological polar surface area (TPSA) is 0 Å². The Morgan fingerprint density at radius 1 is 0.625 bits per heavy atom. The molecule has 2 aromatic rings. The molecule has 2 aromatic carbocycles. The van der Waals surface area contributed by atoms with Gasteiger partial charge in [0.15, 0.2) is 0 Å². The lowest BCUT2D eigenvalue weighted by Gasteiger charge is -1.98. The quantitative estimate of drug-likeness (QED) is 0.644. The van der Waals surface area contributed by atoms with Crippen molar-refractivity contribution in [2.45, 2.75) is 0 Å².